The maximum atomic E-state index is 11.1. The summed E-state index contributed by atoms with van der Waals surface area (Å²) in [6.45, 7) is 0. The van der Waals surface area contributed by atoms with Crippen LogP contribution in [-0.4, -0.2) is 16.9 Å². The van der Waals surface area contributed by atoms with Crippen LogP contribution >= 0.6 is 0 Å². The van der Waals surface area contributed by atoms with Crippen molar-refractivity contribution in [3.05, 3.63) is 29.8 Å². The highest BCUT2D eigenvalue weighted by Crippen LogP contribution is 2.20. The van der Waals surface area contributed by atoms with E-state index in [0.717, 1.165) is 0 Å². The van der Waals surface area contributed by atoms with Crippen LogP contribution < -0.4 is 11.5 Å². The van der Waals surface area contributed by atoms with E-state index in [1.54, 1.807) is 18.2 Å². The molecule has 0 fully saturated rings. The summed E-state index contributed by atoms with van der Waals surface area (Å²) in [5.74, 6) is -1.77. The number of hydrogen-bond donors (Lipinski definition) is 3. The Morgan fingerprint density at radius 3 is 2.38 bits per heavy atom. The second-order valence-corrected chi connectivity index (χ2v) is 3.60. The van der Waals surface area contributed by atoms with E-state index in [4.69, 9.17) is 11.5 Å². The Morgan fingerprint density at radius 2 is 1.88 bits per heavy atom. The van der Waals surface area contributed by atoms with E-state index in [-0.39, 0.29) is 18.6 Å². The first-order valence-electron chi connectivity index (χ1n) is 4.85. The highest BCUT2D eigenvalue weighted by Gasteiger charge is 2.19. The van der Waals surface area contributed by atoms with Crippen molar-refractivity contribution in [3.63, 3.8) is 0 Å². The molecule has 0 saturated heterocycles. The maximum Gasteiger partial charge on any atom is 0.221 e. The first-order chi connectivity index (χ1) is 7.50. The molecule has 5 nitrogen and oxygen atoms in total. The van der Waals surface area contributed by atoms with Crippen LogP contribution in [0, 0.1) is 5.92 Å². The fraction of sp³-hybridized carbons (Fsp3) is 0.273. The van der Waals surface area contributed by atoms with Gasteiger partial charge in [-0.25, -0.2) is 0 Å². The molecule has 1 unspecified atom stereocenters. The summed E-state index contributed by atoms with van der Waals surface area (Å²) in [5.41, 5.74) is 10.7. The summed E-state index contributed by atoms with van der Waals surface area (Å²) < 4.78 is 0. The van der Waals surface area contributed by atoms with Crippen molar-refractivity contribution in [1.82, 2.24) is 0 Å². The number of para-hydroxylation sites is 1. The summed E-state index contributed by atoms with van der Waals surface area (Å²) in [4.78, 5) is 21.8. The Hall–Kier alpha value is -2.04. The predicted octanol–water partition coefficient (Wildman–Crippen LogP) is -0.0884. The van der Waals surface area contributed by atoms with Crippen LogP contribution in [0.3, 0.4) is 0 Å². The van der Waals surface area contributed by atoms with Gasteiger partial charge in [0.05, 0.1) is 5.92 Å². The molecule has 0 aliphatic carbocycles. The molecular formula is C11H14N2O3. The van der Waals surface area contributed by atoms with Crippen molar-refractivity contribution in [3.8, 4) is 5.75 Å². The summed E-state index contributed by atoms with van der Waals surface area (Å²) in [7, 11) is 0. The van der Waals surface area contributed by atoms with Crippen molar-refractivity contribution >= 4 is 11.8 Å². The van der Waals surface area contributed by atoms with Crippen LogP contribution in [0.5, 0.6) is 5.75 Å². The van der Waals surface area contributed by atoms with Crippen LogP contribution in [0.4, 0.5) is 0 Å². The minimum absolute atomic E-state index is 0.0817. The molecule has 86 valence electrons. The number of carbonyl (C=O) groups excluding carboxylic acids is 2. The second kappa shape index (κ2) is 5.16. The third-order valence-corrected chi connectivity index (χ3v) is 2.31. The van der Waals surface area contributed by atoms with Gasteiger partial charge in [0.25, 0.3) is 0 Å². The van der Waals surface area contributed by atoms with Crippen LogP contribution in [0.15, 0.2) is 24.3 Å². The molecule has 1 rings (SSSR count). The van der Waals surface area contributed by atoms with Gasteiger partial charge in [0.1, 0.15) is 5.75 Å². The minimum atomic E-state index is -0.675. The van der Waals surface area contributed by atoms with Crippen LogP contribution in [0.1, 0.15) is 12.0 Å². The van der Waals surface area contributed by atoms with Crippen molar-refractivity contribution in [2.75, 3.05) is 0 Å². The second-order valence-electron chi connectivity index (χ2n) is 3.60. The van der Waals surface area contributed by atoms with Gasteiger partial charge in [-0.3, -0.25) is 9.59 Å². The number of phenols is 1. The number of aromatic hydroxyl groups is 1. The number of primary amides is 2. The van der Waals surface area contributed by atoms with Crippen LogP contribution in [0.25, 0.3) is 0 Å². The quantitative estimate of drug-likeness (QED) is 0.648. The molecule has 1 aromatic rings. The zero-order valence-electron chi connectivity index (χ0n) is 8.72. The van der Waals surface area contributed by atoms with Gasteiger partial charge in [0.15, 0.2) is 0 Å². The smallest absolute Gasteiger partial charge is 0.221 e. The standard InChI is InChI=1S/C11H14N2O3/c12-10(15)6-8(11(13)16)5-7-3-1-2-4-9(7)14/h1-4,8,14H,5-6H2,(H2,12,15)(H2,13,16). The first-order valence-corrected chi connectivity index (χ1v) is 4.85. The summed E-state index contributed by atoms with van der Waals surface area (Å²) in [6, 6.07) is 6.59. The van der Waals surface area contributed by atoms with E-state index in [2.05, 4.69) is 0 Å². The van der Waals surface area contributed by atoms with Crippen LogP contribution in [-0.2, 0) is 16.0 Å². The Morgan fingerprint density at radius 1 is 1.25 bits per heavy atom. The molecule has 0 bridgehead atoms. The van der Waals surface area contributed by atoms with Gasteiger partial charge in [-0.1, -0.05) is 18.2 Å². The average molecular weight is 222 g/mol. The van der Waals surface area contributed by atoms with E-state index < -0.39 is 17.7 Å². The van der Waals surface area contributed by atoms with E-state index in [1.807, 2.05) is 0 Å². The third kappa shape index (κ3) is 3.27. The minimum Gasteiger partial charge on any atom is -0.508 e. The molecule has 0 saturated carbocycles. The number of benzene rings is 1. The van der Waals surface area contributed by atoms with Crippen molar-refractivity contribution in [1.29, 1.82) is 0 Å². The van der Waals surface area contributed by atoms with Crippen molar-refractivity contribution in [2.24, 2.45) is 17.4 Å². The van der Waals surface area contributed by atoms with E-state index >= 15 is 0 Å². The largest absolute Gasteiger partial charge is 0.508 e. The predicted molar refractivity (Wildman–Crippen MR) is 58.3 cm³/mol. The number of carbonyl (C=O) groups is 2. The SMILES string of the molecule is NC(=O)CC(Cc1ccccc1O)C(N)=O. The van der Waals surface area contributed by atoms with Crippen molar-refractivity contribution < 1.29 is 14.7 Å². The van der Waals surface area contributed by atoms with E-state index in [9.17, 15) is 14.7 Å². The molecule has 1 aromatic carbocycles. The Labute approximate surface area is 93.1 Å². The molecular weight excluding hydrogens is 208 g/mol. The zero-order valence-corrected chi connectivity index (χ0v) is 8.72. The van der Waals surface area contributed by atoms with Gasteiger partial charge in [-0.05, 0) is 18.1 Å². The lowest BCUT2D eigenvalue weighted by atomic mass is 9.95. The molecule has 0 aliphatic heterocycles. The third-order valence-electron chi connectivity index (χ3n) is 2.31. The van der Waals surface area contributed by atoms with Crippen molar-refractivity contribution in [2.45, 2.75) is 12.8 Å². The number of nitrogens with two attached hydrogens (primary N) is 2. The fourth-order valence-electron chi connectivity index (χ4n) is 1.47. The van der Waals surface area contributed by atoms with Gasteiger partial charge in [-0.2, -0.15) is 0 Å². The summed E-state index contributed by atoms with van der Waals surface area (Å²) >= 11 is 0. The van der Waals surface area contributed by atoms with Gasteiger partial charge in [0.2, 0.25) is 11.8 Å². The molecule has 5 heteroatoms. The summed E-state index contributed by atoms with van der Waals surface area (Å²) in [5, 5.41) is 9.51. The highest BCUT2D eigenvalue weighted by molar-refractivity contribution is 5.84. The molecule has 5 N–H and O–H groups in total. The van der Waals surface area contributed by atoms with Crippen LogP contribution in [0.2, 0.25) is 0 Å². The maximum absolute atomic E-state index is 11.1. The summed E-state index contributed by atoms with van der Waals surface area (Å²) in [6.07, 6.45) is 0.106. The molecule has 0 aliphatic rings. The first kappa shape index (κ1) is 12.0. The fourth-order valence-corrected chi connectivity index (χ4v) is 1.47. The Bertz CT molecular complexity index is 404. The number of phenolic OH excluding ortho intramolecular Hbond substituents is 1. The lowest BCUT2D eigenvalue weighted by molar-refractivity contribution is -0.126. The molecule has 2 amide bonds. The monoisotopic (exact) mass is 222 g/mol. The van der Waals surface area contributed by atoms with E-state index in [0.29, 0.717) is 5.56 Å². The average Bonchev–Trinajstić information content (AvgIpc) is 2.19. The molecule has 0 aromatic heterocycles. The van der Waals surface area contributed by atoms with Gasteiger partial charge in [0, 0.05) is 6.42 Å². The molecule has 1 atom stereocenters. The zero-order chi connectivity index (χ0) is 12.1. The lowest BCUT2D eigenvalue weighted by Gasteiger charge is -2.12. The van der Waals surface area contributed by atoms with Gasteiger partial charge < -0.3 is 16.6 Å². The highest BCUT2D eigenvalue weighted by atomic mass is 16.3. The molecule has 0 heterocycles. The molecule has 16 heavy (non-hydrogen) atoms. The molecule has 0 radical (unpaired) electrons. The lowest BCUT2D eigenvalue weighted by Crippen LogP contribution is -2.29. The molecule has 0 spiro atoms. The topological polar surface area (TPSA) is 106 Å². The van der Waals surface area contributed by atoms with E-state index in [1.165, 1.54) is 6.07 Å². The Balaban J connectivity index is 2.80. The van der Waals surface area contributed by atoms with Gasteiger partial charge >= 0.3 is 0 Å². The number of rotatable bonds is 5. The number of amides is 2. The normalized spacial score (nSPS) is 12.0. The van der Waals surface area contributed by atoms with Gasteiger partial charge in [-0.15, -0.1) is 0 Å². The number of hydrogen-bond acceptors (Lipinski definition) is 3. The Kier molecular flexibility index (Phi) is 3.88.